The number of rotatable bonds is 16. The molecule has 0 spiro atoms. The standard InChI is InChI=1S/C14H20BBrO4.C11H13BBr2O2.C3H8O2.2C3H7O2.2C2H3N.3Na.H/c16-10-12-7-13(11-18-4-1-3-17)9-14(8-12)15-19-5-2-6-20-15;13-7-9-4-10(8-14)6-11(5-9)12-15-2-1-3-16-12;3*4-2-1-3-5;2*1-2-3;;;;/h7-9,17H,1-6,10-11H2;4-6H,1-3,7-8H2;4-5H,1-3H2;2*4H,1-3H2;2*1H3;;;;/q;;;2*-1;;;3*+1;-1. The van der Waals surface area contributed by atoms with Gasteiger partial charge in [0.2, 0.25) is 0 Å². The molecule has 0 radical (unpaired) electrons. The fourth-order valence-electron chi connectivity index (χ4n) is 4.09. The van der Waals surface area contributed by atoms with Crippen molar-refractivity contribution in [2.75, 3.05) is 79.3 Å². The van der Waals surface area contributed by atoms with Crippen LogP contribution in [0.2, 0.25) is 0 Å². The van der Waals surface area contributed by atoms with Crippen molar-refractivity contribution in [1.29, 1.82) is 10.5 Å². The first-order valence-electron chi connectivity index (χ1n) is 18.5. The van der Waals surface area contributed by atoms with Crippen LogP contribution in [0.25, 0.3) is 0 Å². The van der Waals surface area contributed by atoms with E-state index in [2.05, 4.69) is 84.2 Å². The van der Waals surface area contributed by atoms with E-state index in [0.717, 1.165) is 71.7 Å². The van der Waals surface area contributed by atoms with Crippen LogP contribution in [0.1, 0.15) is 76.1 Å². The third-order valence-electron chi connectivity index (χ3n) is 6.45. The summed E-state index contributed by atoms with van der Waals surface area (Å²) in [5.74, 6) is 0. The topological polar surface area (TPSA) is 241 Å². The number of nitriles is 2. The fourth-order valence-corrected chi connectivity index (χ4v) is 5.06. The van der Waals surface area contributed by atoms with Crippen LogP contribution < -0.4 is 110 Å². The average molecular weight is 1070 g/mol. The minimum Gasteiger partial charge on any atom is -1.00 e. The monoisotopic (exact) mass is 1070 g/mol. The molecule has 2 aliphatic rings. The summed E-state index contributed by atoms with van der Waals surface area (Å²) >= 11 is 10.5. The molecule has 0 aliphatic carbocycles. The number of benzene rings is 2. The van der Waals surface area contributed by atoms with E-state index < -0.39 is 0 Å². The Hall–Kier alpha value is 1.51. The van der Waals surface area contributed by atoms with Crippen molar-refractivity contribution in [3.8, 4) is 12.1 Å². The molecule has 14 nitrogen and oxygen atoms in total. The number of hydrogen-bond donors (Lipinski definition) is 5. The van der Waals surface area contributed by atoms with Gasteiger partial charge in [0, 0.05) is 95.9 Å². The molecule has 2 aromatic carbocycles. The van der Waals surface area contributed by atoms with E-state index in [-0.39, 0.29) is 151 Å². The van der Waals surface area contributed by atoms with Gasteiger partial charge >= 0.3 is 103 Å². The Kier molecular flexibility index (Phi) is 71.3. The second kappa shape index (κ2) is 58.5. The van der Waals surface area contributed by atoms with Gasteiger partial charge in [0.05, 0.1) is 18.7 Å². The number of halogens is 3. The molecule has 0 aromatic heterocycles. The minimum absolute atomic E-state index is 0. The first kappa shape index (κ1) is 73.1. The molecular formula is C38H62B2Br3N2Na3O12. The molecule has 0 bridgehead atoms. The van der Waals surface area contributed by atoms with Crippen molar-refractivity contribution < 1.29 is 149 Å². The van der Waals surface area contributed by atoms with Gasteiger partial charge in [-0.1, -0.05) is 84.2 Å². The Bertz CT molecular complexity index is 1220. The molecule has 5 N–H and O–H groups in total. The molecule has 2 saturated heterocycles. The van der Waals surface area contributed by atoms with Crippen LogP contribution in [0, 0.1) is 22.7 Å². The predicted octanol–water partition coefficient (Wildman–Crippen LogP) is -6.78. The Morgan fingerprint density at radius 3 is 1.13 bits per heavy atom. The van der Waals surface area contributed by atoms with Gasteiger partial charge in [-0.15, -0.1) is 13.2 Å². The fraction of sp³-hybridized carbons (Fsp3) is 0.632. The molecule has 0 saturated carbocycles. The summed E-state index contributed by atoms with van der Waals surface area (Å²) < 4.78 is 28.1. The molecule has 2 heterocycles. The number of aliphatic hydroxyl groups excluding tert-OH is 5. The van der Waals surface area contributed by atoms with E-state index >= 15 is 0 Å². The summed E-state index contributed by atoms with van der Waals surface area (Å²) in [5, 5.41) is 76.2. The normalized spacial score (nSPS) is 12.0. The number of ether oxygens (including phenoxy) is 1. The Morgan fingerprint density at radius 2 is 0.883 bits per heavy atom. The maximum absolute atomic E-state index is 9.37. The summed E-state index contributed by atoms with van der Waals surface area (Å²) in [4.78, 5) is 0. The van der Waals surface area contributed by atoms with Gasteiger partial charge < -0.3 is 60.5 Å². The maximum Gasteiger partial charge on any atom is 1.00 e. The van der Waals surface area contributed by atoms with E-state index in [0.29, 0.717) is 38.9 Å². The van der Waals surface area contributed by atoms with E-state index in [9.17, 15) is 10.2 Å². The van der Waals surface area contributed by atoms with Crippen LogP contribution in [0.4, 0.5) is 0 Å². The maximum atomic E-state index is 9.37. The molecule has 2 aliphatic heterocycles. The molecule has 326 valence electrons. The number of nitrogens with zero attached hydrogens (tertiary/aromatic N) is 2. The first-order chi connectivity index (χ1) is 27.7. The number of aliphatic hydroxyl groups is 5. The van der Waals surface area contributed by atoms with Crippen molar-refractivity contribution in [3.63, 3.8) is 0 Å². The van der Waals surface area contributed by atoms with Gasteiger partial charge in [-0.3, -0.25) is 0 Å². The number of hydrogen-bond acceptors (Lipinski definition) is 14. The van der Waals surface area contributed by atoms with Crippen LogP contribution in [0.5, 0.6) is 0 Å². The van der Waals surface area contributed by atoms with Gasteiger partial charge in [0.1, 0.15) is 0 Å². The Labute approximate surface area is 452 Å². The minimum atomic E-state index is -0.265. The van der Waals surface area contributed by atoms with Crippen molar-refractivity contribution >= 4 is 73.0 Å². The van der Waals surface area contributed by atoms with Crippen LogP contribution >= 0.6 is 47.8 Å². The van der Waals surface area contributed by atoms with Gasteiger partial charge in [0.15, 0.2) is 0 Å². The van der Waals surface area contributed by atoms with E-state index in [4.69, 9.17) is 59.4 Å². The van der Waals surface area contributed by atoms with E-state index in [1.54, 1.807) is 12.1 Å². The van der Waals surface area contributed by atoms with Gasteiger partial charge in [-0.05, 0) is 71.7 Å². The van der Waals surface area contributed by atoms with Gasteiger partial charge in [-0.2, -0.15) is 10.5 Å². The zero-order valence-corrected chi connectivity index (χ0v) is 47.1. The second-order valence-electron chi connectivity index (χ2n) is 11.4. The molecule has 2 aromatic rings. The van der Waals surface area contributed by atoms with Crippen LogP contribution in [0.3, 0.4) is 0 Å². The summed E-state index contributed by atoms with van der Waals surface area (Å²) in [7, 11) is -0.454. The zero-order chi connectivity index (χ0) is 43.4. The molecule has 4 rings (SSSR count). The zero-order valence-electron chi connectivity index (χ0n) is 37.3. The van der Waals surface area contributed by atoms with Crippen molar-refractivity contribution in [1.82, 2.24) is 0 Å². The second-order valence-corrected chi connectivity index (χ2v) is 13.0. The summed E-state index contributed by atoms with van der Waals surface area (Å²) in [6.45, 7) is 7.13. The molecule has 2 fully saturated rings. The predicted molar refractivity (Wildman–Crippen MR) is 232 cm³/mol. The average Bonchev–Trinajstić information content (AvgIpc) is 3.25. The van der Waals surface area contributed by atoms with Gasteiger partial charge in [0.25, 0.3) is 0 Å². The van der Waals surface area contributed by atoms with E-state index in [1.165, 1.54) is 30.5 Å². The van der Waals surface area contributed by atoms with Crippen molar-refractivity contribution in [2.45, 2.75) is 75.0 Å². The third-order valence-corrected chi connectivity index (χ3v) is 8.39. The smallest absolute Gasteiger partial charge is 1.00 e. The SMILES string of the molecule is BrCc1cc(CBr)cc(B2OCCCO2)c1.CC#N.CC#N.OCCCO.OCCCOCc1cc(CBr)cc(B2OCCCO2)c1.[H-].[Na+].[Na+].[Na+].[O-]CCCO.[O-]CCCO. The third kappa shape index (κ3) is 44.7. The summed E-state index contributed by atoms with van der Waals surface area (Å²) in [6.07, 6.45) is 3.88. The molecular weight excluding hydrogens is 1010 g/mol. The first-order valence-corrected chi connectivity index (χ1v) is 21.9. The Morgan fingerprint density at radius 1 is 0.583 bits per heavy atom. The van der Waals surface area contributed by atoms with Gasteiger partial charge in [-0.25, -0.2) is 0 Å². The largest absolute Gasteiger partial charge is 1.00 e. The molecule has 0 unspecified atom stereocenters. The summed E-state index contributed by atoms with van der Waals surface area (Å²) in [6, 6.07) is 16.2. The quantitative estimate of drug-likeness (QED) is 0.0597. The van der Waals surface area contributed by atoms with Crippen molar-refractivity contribution in [3.05, 3.63) is 58.7 Å². The number of alkyl halides is 3. The molecule has 0 amide bonds. The molecule has 60 heavy (non-hydrogen) atoms. The van der Waals surface area contributed by atoms with E-state index in [1.807, 2.05) is 0 Å². The van der Waals surface area contributed by atoms with Crippen molar-refractivity contribution in [2.24, 2.45) is 0 Å². The Balaban J connectivity index is -0.000000127. The summed E-state index contributed by atoms with van der Waals surface area (Å²) in [5.41, 5.74) is 6.96. The molecule has 22 heteroatoms. The molecule has 0 atom stereocenters. The van der Waals surface area contributed by atoms with Crippen LogP contribution in [-0.4, -0.2) is 119 Å². The van der Waals surface area contributed by atoms with Crippen LogP contribution in [-0.2, 0) is 46.0 Å². The van der Waals surface area contributed by atoms with Crippen LogP contribution in [0.15, 0.2) is 36.4 Å².